The molecule has 0 saturated carbocycles. The summed E-state index contributed by atoms with van der Waals surface area (Å²) in [5.41, 5.74) is 3.95. The molecular weight excluding hydrogens is 622 g/mol. The molecule has 1 heterocycles. The maximum absolute atomic E-state index is 12.8. The van der Waals surface area contributed by atoms with Crippen molar-refractivity contribution in [2.24, 2.45) is 0 Å². The molecule has 1 aliphatic carbocycles. The number of benzene rings is 2. The van der Waals surface area contributed by atoms with Crippen LogP contribution in [0.2, 0.25) is 0 Å². The summed E-state index contributed by atoms with van der Waals surface area (Å²) >= 11 is 0. The minimum absolute atomic E-state index is 0.0766. The summed E-state index contributed by atoms with van der Waals surface area (Å²) in [6, 6.07) is 13.7. The van der Waals surface area contributed by atoms with Gasteiger partial charge in [-0.15, -0.1) is 0 Å². The molecule has 2 aliphatic rings. The Balaban J connectivity index is 1.48. The zero-order chi connectivity index (χ0) is 34.2. The van der Waals surface area contributed by atoms with E-state index in [0.717, 1.165) is 49.9 Å². The molecule has 2 N–H and O–H groups in total. The summed E-state index contributed by atoms with van der Waals surface area (Å²) in [5.74, 6) is -5.01. The molecule has 1 aliphatic heterocycles. The number of hydrogen-bond acceptors (Lipinski definition) is 13. The van der Waals surface area contributed by atoms with Crippen molar-refractivity contribution < 1.29 is 67.0 Å². The van der Waals surface area contributed by atoms with E-state index in [2.05, 4.69) is 5.32 Å². The van der Waals surface area contributed by atoms with Gasteiger partial charge in [0.25, 0.3) is 0 Å². The smallest absolute Gasteiger partial charge is 0.407 e. The lowest BCUT2D eigenvalue weighted by atomic mass is 9.98. The van der Waals surface area contributed by atoms with Crippen molar-refractivity contribution in [3.8, 4) is 11.1 Å². The number of hydrogen-bond donors (Lipinski definition) is 2. The van der Waals surface area contributed by atoms with Crippen LogP contribution in [0, 0.1) is 0 Å². The number of esters is 4. The first-order valence-corrected chi connectivity index (χ1v) is 14.6. The van der Waals surface area contributed by atoms with Crippen LogP contribution in [-0.2, 0) is 57.1 Å². The lowest BCUT2D eigenvalue weighted by Crippen LogP contribution is -2.63. The third-order valence-electron chi connectivity index (χ3n) is 7.31. The zero-order valence-electron chi connectivity index (χ0n) is 26.0. The molecule has 0 aromatic heterocycles. The van der Waals surface area contributed by atoms with Crippen molar-refractivity contribution in [2.75, 3.05) is 19.8 Å². The van der Waals surface area contributed by atoms with E-state index in [1.165, 1.54) is 0 Å². The molecule has 0 radical (unpaired) electrons. The SMILES string of the molecule is CC(=O)OC[C@H]1O[C@@H](OC[C@H](NC(=O)OCC2c3ccccc3-c3ccccc32)C(=O)O)[C@@H](OC(C)=O)[C@@H](OC(C)=O)[C@@H]1OC(C)=O. The Morgan fingerprint density at radius 3 is 1.79 bits per heavy atom. The molecule has 0 unspecified atom stereocenters. The Morgan fingerprint density at radius 1 is 0.723 bits per heavy atom. The number of rotatable bonds is 12. The number of nitrogens with one attached hydrogen (secondary N) is 1. The van der Waals surface area contributed by atoms with Crippen LogP contribution in [0.15, 0.2) is 48.5 Å². The normalized spacial score (nSPS) is 22.1. The number of aliphatic carboxylic acids is 1. The predicted octanol–water partition coefficient (Wildman–Crippen LogP) is 2.08. The van der Waals surface area contributed by atoms with E-state index in [4.69, 9.17) is 33.2 Å². The molecule has 15 heteroatoms. The van der Waals surface area contributed by atoms with E-state index in [1.54, 1.807) is 0 Å². The fourth-order valence-corrected chi connectivity index (χ4v) is 5.47. The van der Waals surface area contributed by atoms with Gasteiger partial charge in [0, 0.05) is 33.6 Å². The molecular formula is C32H35NO14. The molecule has 4 rings (SSSR count). The number of amides is 1. The van der Waals surface area contributed by atoms with Crippen molar-refractivity contribution >= 4 is 35.9 Å². The van der Waals surface area contributed by atoms with Crippen molar-refractivity contribution in [3.05, 3.63) is 59.7 Å². The van der Waals surface area contributed by atoms with Gasteiger partial charge in [-0.3, -0.25) is 19.2 Å². The average molecular weight is 658 g/mol. The van der Waals surface area contributed by atoms with Gasteiger partial charge in [-0.05, 0) is 22.3 Å². The Morgan fingerprint density at radius 2 is 1.26 bits per heavy atom. The Hall–Kier alpha value is -5.02. The molecule has 2 aromatic carbocycles. The number of carboxylic acid groups (broad SMARTS) is 1. The van der Waals surface area contributed by atoms with Gasteiger partial charge >= 0.3 is 35.9 Å². The van der Waals surface area contributed by atoms with Gasteiger partial charge in [-0.2, -0.15) is 0 Å². The lowest BCUT2D eigenvalue weighted by Gasteiger charge is -2.44. The molecule has 1 saturated heterocycles. The molecule has 0 spiro atoms. The first-order valence-electron chi connectivity index (χ1n) is 14.6. The van der Waals surface area contributed by atoms with Crippen molar-refractivity contribution in [2.45, 2.75) is 70.4 Å². The quantitative estimate of drug-likeness (QED) is 0.248. The highest BCUT2D eigenvalue weighted by molar-refractivity contribution is 5.81. The highest BCUT2D eigenvalue weighted by Gasteiger charge is 2.53. The van der Waals surface area contributed by atoms with Gasteiger partial charge in [-0.25, -0.2) is 9.59 Å². The molecule has 2 aromatic rings. The van der Waals surface area contributed by atoms with Crippen LogP contribution in [0.25, 0.3) is 11.1 Å². The summed E-state index contributed by atoms with van der Waals surface area (Å²) in [6.07, 6.45) is -8.49. The predicted molar refractivity (Wildman–Crippen MR) is 158 cm³/mol. The van der Waals surface area contributed by atoms with E-state index in [-0.39, 0.29) is 12.5 Å². The topological polar surface area (TPSA) is 199 Å². The van der Waals surface area contributed by atoms with Gasteiger partial charge < -0.3 is 43.6 Å². The largest absolute Gasteiger partial charge is 0.480 e. The molecule has 15 nitrogen and oxygen atoms in total. The number of alkyl carbamates (subject to hydrolysis) is 1. The standard InChI is InChI=1S/C32H35NO14/c1-16(34)41-15-26-27(44-17(2)35)28(45-18(3)36)29(46-19(4)37)31(47-26)42-14-25(30(38)39)33-32(40)43-13-24-22-11-7-5-9-20(22)21-10-6-8-12-23(21)24/h5-12,24-29,31H,13-15H2,1-4H3,(H,33,40)(H,38,39)/t25-,26+,27+,28-,29-,31+/m0/s1. The van der Waals surface area contributed by atoms with Crippen LogP contribution in [0.5, 0.6) is 0 Å². The van der Waals surface area contributed by atoms with Gasteiger partial charge in [0.05, 0.1) is 6.61 Å². The number of fused-ring (bicyclic) bond motifs is 3. The number of ether oxygens (including phenoxy) is 7. The minimum Gasteiger partial charge on any atom is -0.480 e. The van der Waals surface area contributed by atoms with Crippen molar-refractivity contribution in [1.82, 2.24) is 5.32 Å². The fourth-order valence-electron chi connectivity index (χ4n) is 5.47. The second-order valence-electron chi connectivity index (χ2n) is 10.8. The number of carboxylic acids is 1. The third-order valence-corrected chi connectivity index (χ3v) is 7.31. The summed E-state index contributed by atoms with van der Waals surface area (Å²) in [4.78, 5) is 72.4. The number of carbonyl (C=O) groups is 6. The maximum atomic E-state index is 12.8. The average Bonchev–Trinajstić information content (AvgIpc) is 3.32. The van der Waals surface area contributed by atoms with Crippen LogP contribution in [0.4, 0.5) is 4.79 Å². The molecule has 6 atom stereocenters. The highest BCUT2D eigenvalue weighted by atomic mass is 16.7. The minimum atomic E-state index is -1.68. The van der Waals surface area contributed by atoms with E-state index in [1.807, 2.05) is 48.5 Å². The summed E-state index contributed by atoms with van der Waals surface area (Å²) in [7, 11) is 0. The zero-order valence-corrected chi connectivity index (χ0v) is 26.0. The monoisotopic (exact) mass is 657 g/mol. The molecule has 1 fully saturated rings. The van der Waals surface area contributed by atoms with Gasteiger partial charge in [0.2, 0.25) is 0 Å². The van der Waals surface area contributed by atoms with Gasteiger partial charge in [0.1, 0.15) is 19.3 Å². The van der Waals surface area contributed by atoms with Gasteiger partial charge in [0.15, 0.2) is 30.6 Å². The van der Waals surface area contributed by atoms with E-state index >= 15 is 0 Å². The summed E-state index contributed by atoms with van der Waals surface area (Å²) in [6.45, 7) is 2.98. The van der Waals surface area contributed by atoms with Crippen LogP contribution in [0.1, 0.15) is 44.7 Å². The second kappa shape index (κ2) is 15.5. The lowest BCUT2D eigenvalue weighted by molar-refractivity contribution is -0.308. The fraction of sp³-hybridized carbons (Fsp3) is 0.438. The second-order valence-corrected chi connectivity index (χ2v) is 10.8. The van der Waals surface area contributed by atoms with E-state index < -0.39 is 85.9 Å². The molecule has 47 heavy (non-hydrogen) atoms. The van der Waals surface area contributed by atoms with Crippen LogP contribution >= 0.6 is 0 Å². The third kappa shape index (κ3) is 8.83. The van der Waals surface area contributed by atoms with Crippen molar-refractivity contribution in [3.63, 3.8) is 0 Å². The van der Waals surface area contributed by atoms with Crippen LogP contribution in [-0.4, -0.2) is 97.6 Å². The maximum Gasteiger partial charge on any atom is 0.407 e. The number of carbonyl (C=O) groups excluding carboxylic acids is 5. The first kappa shape index (κ1) is 34.8. The molecule has 0 bridgehead atoms. The Labute approximate surface area is 269 Å². The van der Waals surface area contributed by atoms with Gasteiger partial charge in [-0.1, -0.05) is 48.5 Å². The summed E-state index contributed by atoms with van der Waals surface area (Å²) < 4.78 is 37.9. The van der Waals surface area contributed by atoms with E-state index in [9.17, 15) is 33.9 Å². The summed E-state index contributed by atoms with van der Waals surface area (Å²) in [5, 5.41) is 12.1. The van der Waals surface area contributed by atoms with Crippen LogP contribution in [0.3, 0.4) is 0 Å². The van der Waals surface area contributed by atoms with Crippen LogP contribution < -0.4 is 5.32 Å². The Kier molecular flexibility index (Phi) is 11.5. The van der Waals surface area contributed by atoms with E-state index in [0.29, 0.717) is 0 Å². The first-order chi connectivity index (χ1) is 22.3. The molecule has 252 valence electrons. The highest BCUT2D eigenvalue weighted by Crippen LogP contribution is 2.44. The molecule has 1 amide bonds. The Bertz CT molecular complexity index is 1460. The van der Waals surface area contributed by atoms with Crippen molar-refractivity contribution in [1.29, 1.82) is 0 Å².